The Morgan fingerprint density at radius 3 is 2.83 bits per heavy atom. The topological polar surface area (TPSA) is 52.6 Å². The molecule has 1 heterocycles. The molecule has 0 radical (unpaired) electrons. The fourth-order valence-corrected chi connectivity index (χ4v) is 2.67. The first-order valence-corrected chi connectivity index (χ1v) is 7.70. The van der Waals surface area contributed by atoms with Crippen molar-refractivity contribution >= 4 is 17.8 Å². The van der Waals surface area contributed by atoms with Crippen molar-refractivity contribution in [2.24, 2.45) is 5.92 Å². The predicted molar refractivity (Wildman–Crippen MR) is 76.9 cm³/mol. The number of hydrogen-bond acceptors (Lipinski definition) is 3. The zero-order valence-corrected chi connectivity index (χ0v) is 11.9. The molecule has 1 aliphatic heterocycles. The van der Waals surface area contributed by atoms with Gasteiger partial charge in [-0.3, -0.25) is 0 Å². The minimum atomic E-state index is -0.259. The van der Waals surface area contributed by atoms with Gasteiger partial charge in [-0.1, -0.05) is 6.08 Å². The minimum absolute atomic E-state index is 0.0262. The average Bonchev–Trinajstić information content (AvgIpc) is 2.38. The van der Waals surface area contributed by atoms with Gasteiger partial charge in [-0.15, -0.1) is 6.58 Å². The molecular formula is C13H24N2O2S. The Kier molecular flexibility index (Phi) is 7.20. The van der Waals surface area contributed by atoms with Gasteiger partial charge in [0.25, 0.3) is 0 Å². The normalized spacial score (nSPS) is 18.4. The van der Waals surface area contributed by atoms with Crippen LogP contribution in [0.5, 0.6) is 0 Å². The van der Waals surface area contributed by atoms with Gasteiger partial charge in [0.05, 0.1) is 6.10 Å². The molecule has 4 nitrogen and oxygen atoms in total. The van der Waals surface area contributed by atoms with Crippen LogP contribution in [-0.2, 0) is 0 Å². The monoisotopic (exact) mass is 272 g/mol. The van der Waals surface area contributed by atoms with Gasteiger partial charge in [0.2, 0.25) is 0 Å². The number of urea groups is 1. The molecule has 2 N–H and O–H groups in total. The van der Waals surface area contributed by atoms with Crippen molar-refractivity contribution in [3.63, 3.8) is 0 Å². The molecule has 5 heteroatoms. The van der Waals surface area contributed by atoms with Gasteiger partial charge in [0.1, 0.15) is 0 Å². The van der Waals surface area contributed by atoms with Crippen LogP contribution in [0.4, 0.5) is 4.79 Å². The number of amides is 2. The fraction of sp³-hybridized carbons (Fsp3) is 0.769. The number of carbonyl (C=O) groups excluding carboxylic acids is 1. The quantitative estimate of drug-likeness (QED) is 0.572. The van der Waals surface area contributed by atoms with Crippen molar-refractivity contribution in [3.05, 3.63) is 12.7 Å². The van der Waals surface area contributed by atoms with E-state index in [1.807, 2.05) is 17.9 Å². The fourth-order valence-electron chi connectivity index (χ4n) is 2.09. The lowest BCUT2D eigenvalue weighted by Gasteiger charge is -2.33. The van der Waals surface area contributed by atoms with Crippen molar-refractivity contribution < 1.29 is 9.90 Å². The third-order valence-electron chi connectivity index (χ3n) is 3.27. The van der Waals surface area contributed by atoms with E-state index >= 15 is 0 Å². The van der Waals surface area contributed by atoms with Crippen molar-refractivity contribution in [3.8, 4) is 0 Å². The first-order chi connectivity index (χ1) is 8.65. The summed E-state index contributed by atoms with van der Waals surface area (Å²) in [4.78, 5) is 13.7. The van der Waals surface area contributed by atoms with Crippen molar-refractivity contribution in [1.29, 1.82) is 0 Å². The highest BCUT2D eigenvalue weighted by atomic mass is 32.2. The smallest absolute Gasteiger partial charge is 0.317 e. The number of nitrogens with one attached hydrogen (secondary N) is 1. The van der Waals surface area contributed by atoms with Gasteiger partial charge in [-0.2, -0.15) is 11.8 Å². The summed E-state index contributed by atoms with van der Waals surface area (Å²) in [6, 6.07) is 0.0262. The van der Waals surface area contributed by atoms with Crippen LogP contribution in [0.2, 0.25) is 0 Å². The van der Waals surface area contributed by atoms with Gasteiger partial charge in [0.15, 0.2) is 0 Å². The van der Waals surface area contributed by atoms with Crippen LogP contribution in [0.25, 0.3) is 0 Å². The number of aliphatic hydroxyl groups excluding tert-OH is 1. The molecule has 1 aliphatic rings. The van der Waals surface area contributed by atoms with Crippen molar-refractivity contribution in [2.75, 3.05) is 31.1 Å². The molecule has 1 rings (SSSR count). The van der Waals surface area contributed by atoms with Gasteiger partial charge in [-0.25, -0.2) is 4.79 Å². The molecule has 1 unspecified atom stereocenters. The Hall–Kier alpha value is -0.680. The Balaban J connectivity index is 2.14. The number of rotatable bonds is 6. The second-order valence-corrected chi connectivity index (χ2v) is 5.81. The highest BCUT2D eigenvalue weighted by Gasteiger charge is 2.24. The number of carbonyl (C=O) groups is 1. The lowest BCUT2D eigenvalue weighted by atomic mass is 9.92. The van der Waals surface area contributed by atoms with Gasteiger partial charge >= 0.3 is 6.03 Å². The third kappa shape index (κ3) is 5.31. The Labute approximate surface area is 114 Å². The maximum Gasteiger partial charge on any atom is 0.317 e. The van der Waals surface area contributed by atoms with E-state index in [-0.39, 0.29) is 12.1 Å². The Morgan fingerprint density at radius 2 is 2.28 bits per heavy atom. The van der Waals surface area contributed by atoms with Crippen LogP contribution in [0.15, 0.2) is 12.7 Å². The van der Waals surface area contributed by atoms with Crippen LogP contribution >= 0.6 is 11.8 Å². The van der Waals surface area contributed by atoms with E-state index in [0.717, 1.165) is 37.4 Å². The number of likely N-dealkylation sites (tertiary alicyclic amines) is 1. The zero-order chi connectivity index (χ0) is 13.4. The standard InChI is InChI=1S/C13H24N2O2S/c1-3-9-18-10-6-14-13(17)15-7-4-12(5-8-15)11(2)16/h3,11-12,16H,1,4-10H2,2H3,(H,14,17). The lowest BCUT2D eigenvalue weighted by molar-refractivity contribution is 0.0799. The third-order valence-corrected chi connectivity index (χ3v) is 4.23. The van der Waals surface area contributed by atoms with E-state index in [9.17, 15) is 9.90 Å². The van der Waals surface area contributed by atoms with E-state index in [4.69, 9.17) is 0 Å². The second-order valence-electron chi connectivity index (χ2n) is 4.66. The molecule has 0 bridgehead atoms. The number of aliphatic hydroxyl groups is 1. The SMILES string of the molecule is C=CCSCCNC(=O)N1CCC(C(C)O)CC1. The van der Waals surface area contributed by atoms with Gasteiger partial charge in [-0.05, 0) is 25.7 Å². The summed E-state index contributed by atoms with van der Waals surface area (Å²) in [6.45, 7) is 7.69. The van der Waals surface area contributed by atoms with Crippen molar-refractivity contribution in [2.45, 2.75) is 25.9 Å². The van der Waals surface area contributed by atoms with Crippen LogP contribution in [0.1, 0.15) is 19.8 Å². The first kappa shape index (κ1) is 15.4. The van der Waals surface area contributed by atoms with E-state index in [0.29, 0.717) is 12.5 Å². The van der Waals surface area contributed by atoms with E-state index in [1.54, 1.807) is 11.8 Å². The molecule has 104 valence electrons. The molecular weight excluding hydrogens is 248 g/mol. The van der Waals surface area contributed by atoms with Crippen LogP contribution in [0, 0.1) is 5.92 Å². The first-order valence-electron chi connectivity index (χ1n) is 6.54. The van der Waals surface area contributed by atoms with Crippen molar-refractivity contribution in [1.82, 2.24) is 10.2 Å². The summed E-state index contributed by atoms with van der Waals surface area (Å²) in [7, 11) is 0. The molecule has 18 heavy (non-hydrogen) atoms. The van der Waals surface area contributed by atoms with Crippen LogP contribution < -0.4 is 5.32 Å². The van der Waals surface area contributed by atoms with E-state index < -0.39 is 0 Å². The number of nitrogens with zero attached hydrogens (tertiary/aromatic N) is 1. The van der Waals surface area contributed by atoms with E-state index in [2.05, 4.69) is 11.9 Å². The van der Waals surface area contributed by atoms with E-state index in [1.165, 1.54) is 0 Å². The molecule has 2 amide bonds. The largest absolute Gasteiger partial charge is 0.393 e. The maximum absolute atomic E-state index is 11.8. The molecule has 1 saturated heterocycles. The molecule has 1 atom stereocenters. The Morgan fingerprint density at radius 1 is 1.61 bits per heavy atom. The summed E-state index contributed by atoms with van der Waals surface area (Å²) in [5.74, 6) is 2.19. The number of thioether (sulfide) groups is 1. The summed E-state index contributed by atoms with van der Waals surface area (Å²) in [5, 5.41) is 12.4. The second kappa shape index (κ2) is 8.43. The molecule has 1 fully saturated rings. The minimum Gasteiger partial charge on any atom is -0.393 e. The summed E-state index contributed by atoms with van der Waals surface area (Å²) >= 11 is 1.76. The molecule has 0 spiro atoms. The lowest BCUT2D eigenvalue weighted by Crippen LogP contribution is -2.46. The Bertz CT molecular complexity index is 264. The van der Waals surface area contributed by atoms with Crippen LogP contribution in [0.3, 0.4) is 0 Å². The maximum atomic E-state index is 11.8. The highest BCUT2D eigenvalue weighted by molar-refractivity contribution is 7.99. The number of piperidine rings is 1. The molecule has 0 aliphatic carbocycles. The summed E-state index contributed by atoms with van der Waals surface area (Å²) in [6.07, 6.45) is 3.41. The summed E-state index contributed by atoms with van der Waals surface area (Å²) < 4.78 is 0. The highest BCUT2D eigenvalue weighted by Crippen LogP contribution is 2.20. The molecule has 0 aromatic rings. The van der Waals surface area contributed by atoms with Gasteiger partial charge in [0, 0.05) is 31.1 Å². The molecule has 0 aromatic carbocycles. The molecule has 0 aromatic heterocycles. The molecule has 0 saturated carbocycles. The van der Waals surface area contributed by atoms with Crippen LogP contribution in [-0.4, -0.2) is 53.3 Å². The summed E-state index contributed by atoms with van der Waals surface area (Å²) in [5.41, 5.74) is 0. The number of hydrogen-bond donors (Lipinski definition) is 2. The zero-order valence-electron chi connectivity index (χ0n) is 11.1. The predicted octanol–water partition coefficient (Wildman–Crippen LogP) is 1.71. The van der Waals surface area contributed by atoms with Gasteiger partial charge < -0.3 is 15.3 Å². The average molecular weight is 272 g/mol.